The second kappa shape index (κ2) is 9.12. The van der Waals surface area contributed by atoms with Gasteiger partial charge in [-0.25, -0.2) is 10.4 Å². The molecular weight excluding hydrogens is 443 g/mol. The summed E-state index contributed by atoms with van der Waals surface area (Å²) < 4.78 is 1.33. The van der Waals surface area contributed by atoms with Crippen LogP contribution in [0.15, 0.2) is 40.5 Å². The van der Waals surface area contributed by atoms with Gasteiger partial charge in [0.05, 0.1) is 21.8 Å². The first kappa shape index (κ1) is 20.8. The fourth-order valence-corrected chi connectivity index (χ4v) is 4.93. The highest BCUT2D eigenvalue weighted by Gasteiger charge is 2.20. The lowest BCUT2D eigenvalue weighted by Crippen LogP contribution is -2.30. The molecule has 0 aliphatic heterocycles. The third kappa shape index (κ3) is 4.48. The average Bonchev–Trinajstić information content (AvgIpc) is 3.12. The number of aromatic nitrogens is 2. The Kier molecular flexibility index (Phi) is 6.32. The molecule has 0 fully saturated rings. The maximum atomic E-state index is 12.9. The van der Waals surface area contributed by atoms with E-state index in [0.717, 1.165) is 41.6 Å². The highest BCUT2D eigenvalue weighted by Crippen LogP contribution is 2.33. The number of carbonyl (C=O) groups is 1. The van der Waals surface area contributed by atoms with Gasteiger partial charge in [0.1, 0.15) is 11.4 Å². The molecule has 0 saturated heterocycles. The Labute approximate surface area is 186 Å². The van der Waals surface area contributed by atoms with Crippen molar-refractivity contribution in [2.45, 2.75) is 32.2 Å². The van der Waals surface area contributed by atoms with E-state index in [4.69, 9.17) is 23.2 Å². The molecule has 4 rings (SSSR count). The van der Waals surface area contributed by atoms with E-state index < -0.39 is 5.91 Å². The quantitative estimate of drug-likeness (QED) is 0.450. The van der Waals surface area contributed by atoms with Crippen LogP contribution in [0.5, 0.6) is 0 Å². The van der Waals surface area contributed by atoms with E-state index in [-0.39, 0.29) is 12.1 Å². The lowest BCUT2D eigenvalue weighted by molar-refractivity contribution is -0.121. The number of hydrazone groups is 1. The summed E-state index contributed by atoms with van der Waals surface area (Å²) in [5.41, 5.74) is 4.21. The van der Waals surface area contributed by atoms with E-state index in [1.165, 1.54) is 22.0 Å². The van der Waals surface area contributed by atoms with E-state index in [1.807, 2.05) is 6.07 Å². The fourth-order valence-electron chi connectivity index (χ4n) is 3.41. The molecule has 1 aliphatic carbocycles. The van der Waals surface area contributed by atoms with Crippen molar-refractivity contribution in [2.75, 3.05) is 0 Å². The normalized spacial score (nSPS) is 13.9. The number of rotatable bonds is 5. The Balaban J connectivity index is 1.40. The molecule has 30 heavy (non-hydrogen) atoms. The van der Waals surface area contributed by atoms with E-state index >= 15 is 0 Å². The molecule has 1 N–H and O–H groups in total. The van der Waals surface area contributed by atoms with Crippen molar-refractivity contribution >= 4 is 63.0 Å². The third-order valence-electron chi connectivity index (χ3n) is 4.84. The number of hydrogen-bond donors (Lipinski definition) is 1. The SMILES string of the molecule is O=C(Cn1cnc2sc3c(c2c1=O)CCCC3)N/N=C/C=C/c1ccc(Cl)c(Cl)c1. The highest BCUT2D eigenvalue weighted by molar-refractivity contribution is 7.18. The second-order valence-corrected chi connectivity index (χ2v) is 8.81. The van der Waals surface area contributed by atoms with Gasteiger partial charge in [0.15, 0.2) is 0 Å². The summed E-state index contributed by atoms with van der Waals surface area (Å²) in [5.74, 6) is -0.401. The van der Waals surface area contributed by atoms with Crippen LogP contribution in [0.2, 0.25) is 10.0 Å². The number of amides is 1. The average molecular weight is 461 g/mol. The highest BCUT2D eigenvalue weighted by atomic mass is 35.5. The third-order valence-corrected chi connectivity index (χ3v) is 6.78. The predicted octanol–water partition coefficient (Wildman–Crippen LogP) is 4.46. The second-order valence-electron chi connectivity index (χ2n) is 6.91. The van der Waals surface area contributed by atoms with Gasteiger partial charge in [0.25, 0.3) is 11.5 Å². The van der Waals surface area contributed by atoms with Crippen molar-refractivity contribution in [1.82, 2.24) is 15.0 Å². The minimum atomic E-state index is -0.401. The van der Waals surface area contributed by atoms with Crippen LogP contribution < -0.4 is 11.0 Å². The molecule has 0 atom stereocenters. The Bertz CT molecular complexity index is 1230. The molecule has 9 heteroatoms. The topological polar surface area (TPSA) is 76.3 Å². The first-order chi connectivity index (χ1) is 14.5. The van der Waals surface area contributed by atoms with E-state index in [2.05, 4.69) is 15.5 Å². The van der Waals surface area contributed by atoms with Crippen molar-refractivity contribution in [3.63, 3.8) is 0 Å². The molecule has 2 aromatic heterocycles. The molecule has 0 radical (unpaired) electrons. The molecule has 0 spiro atoms. The zero-order valence-electron chi connectivity index (χ0n) is 15.9. The fraction of sp³-hybridized carbons (Fsp3) is 0.238. The van der Waals surface area contributed by atoms with Gasteiger partial charge in [0.2, 0.25) is 0 Å². The zero-order valence-corrected chi connectivity index (χ0v) is 18.2. The molecule has 3 aromatic rings. The summed E-state index contributed by atoms with van der Waals surface area (Å²) in [6.45, 7) is -0.139. The van der Waals surface area contributed by atoms with E-state index in [1.54, 1.807) is 35.6 Å². The van der Waals surface area contributed by atoms with Crippen molar-refractivity contribution in [1.29, 1.82) is 0 Å². The molecule has 1 amide bonds. The van der Waals surface area contributed by atoms with Gasteiger partial charge < -0.3 is 0 Å². The lowest BCUT2D eigenvalue weighted by atomic mass is 9.97. The Morgan fingerprint density at radius 3 is 2.93 bits per heavy atom. The van der Waals surface area contributed by atoms with Crippen LogP contribution in [0.1, 0.15) is 28.8 Å². The molecular formula is C21H18Cl2N4O2S. The molecule has 0 saturated carbocycles. The number of carbonyl (C=O) groups excluding carboxylic acids is 1. The van der Waals surface area contributed by atoms with E-state index in [9.17, 15) is 9.59 Å². The molecule has 2 heterocycles. The van der Waals surface area contributed by atoms with Crippen molar-refractivity contribution in [3.8, 4) is 0 Å². The van der Waals surface area contributed by atoms with Gasteiger partial charge in [-0.2, -0.15) is 5.10 Å². The van der Waals surface area contributed by atoms with Crippen LogP contribution in [0, 0.1) is 0 Å². The number of hydrogen-bond acceptors (Lipinski definition) is 5. The zero-order chi connectivity index (χ0) is 21.1. The van der Waals surface area contributed by atoms with E-state index in [0.29, 0.717) is 15.4 Å². The van der Waals surface area contributed by atoms with Gasteiger partial charge in [-0.1, -0.05) is 35.3 Å². The summed E-state index contributed by atoms with van der Waals surface area (Å²) in [4.78, 5) is 31.4. The summed E-state index contributed by atoms with van der Waals surface area (Å²) in [6, 6.07) is 5.25. The number of fused-ring (bicyclic) bond motifs is 3. The van der Waals surface area contributed by atoms with Crippen LogP contribution in [0.4, 0.5) is 0 Å². The minimum absolute atomic E-state index is 0.139. The Morgan fingerprint density at radius 1 is 1.27 bits per heavy atom. The van der Waals surface area contributed by atoms with Gasteiger partial charge in [0, 0.05) is 11.1 Å². The first-order valence-corrected chi connectivity index (χ1v) is 11.0. The smallest absolute Gasteiger partial charge is 0.262 e. The summed E-state index contributed by atoms with van der Waals surface area (Å²) in [5, 5.41) is 5.49. The number of halogens is 2. The maximum absolute atomic E-state index is 12.9. The predicted molar refractivity (Wildman–Crippen MR) is 123 cm³/mol. The maximum Gasteiger partial charge on any atom is 0.262 e. The number of nitrogens with zero attached hydrogens (tertiary/aromatic N) is 3. The first-order valence-electron chi connectivity index (χ1n) is 9.46. The molecule has 6 nitrogen and oxygen atoms in total. The minimum Gasteiger partial charge on any atom is -0.289 e. The number of aryl methyl sites for hydroxylation is 2. The lowest BCUT2D eigenvalue weighted by Gasteiger charge is -2.10. The van der Waals surface area contributed by atoms with Crippen LogP contribution in [-0.2, 0) is 24.2 Å². The van der Waals surface area contributed by atoms with Gasteiger partial charge >= 0.3 is 0 Å². The van der Waals surface area contributed by atoms with Crippen LogP contribution >= 0.6 is 34.5 Å². The van der Waals surface area contributed by atoms with Crippen LogP contribution in [-0.4, -0.2) is 21.7 Å². The van der Waals surface area contributed by atoms with Crippen molar-refractivity contribution in [2.24, 2.45) is 5.10 Å². The molecule has 1 aliphatic rings. The molecule has 0 bridgehead atoms. The summed E-state index contributed by atoms with van der Waals surface area (Å²) >= 11 is 13.4. The van der Waals surface area contributed by atoms with Crippen LogP contribution in [0.25, 0.3) is 16.3 Å². The summed E-state index contributed by atoms with van der Waals surface area (Å²) in [7, 11) is 0. The van der Waals surface area contributed by atoms with Gasteiger partial charge in [-0.3, -0.25) is 14.2 Å². The van der Waals surface area contributed by atoms with Crippen molar-refractivity contribution < 1.29 is 4.79 Å². The summed E-state index contributed by atoms with van der Waals surface area (Å²) in [6.07, 6.45) is 10.4. The monoisotopic (exact) mass is 460 g/mol. The number of nitrogens with one attached hydrogen (secondary N) is 1. The molecule has 154 valence electrons. The van der Waals surface area contributed by atoms with Gasteiger partial charge in [-0.15, -0.1) is 11.3 Å². The van der Waals surface area contributed by atoms with Gasteiger partial charge in [-0.05, 0) is 55.0 Å². The Hall–Kier alpha value is -2.48. The standard InChI is InChI=1S/C21H18Cl2N4O2S/c22-15-8-7-13(10-16(15)23)4-3-9-25-26-18(28)11-27-12-24-20-19(21(27)29)14-5-1-2-6-17(14)30-20/h3-4,7-10,12H,1-2,5-6,11H2,(H,26,28)/b4-3+,25-9+. The van der Waals surface area contributed by atoms with Crippen molar-refractivity contribution in [3.05, 3.63) is 67.0 Å². The molecule has 1 aromatic carbocycles. The number of allylic oxidation sites excluding steroid dienone is 1. The number of thiophene rings is 1. The molecule has 0 unspecified atom stereocenters. The van der Waals surface area contributed by atoms with Crippen LogP contribution in [0.3, 0.4) is 0 Å². The largest absolute Gasteiger partial charge is 0.289 e. The Morgan fingerprint density at radius 2 is 2.10 bits per heavy atom. The number of benzene rings is 1.